The summed E-state index contributed by atoms with van der Waals surface area (Å²) >= 11 is 0. The molecule has 1 fully saturated rings. The molecule has 0 aliphatic carbocycles. The Hall–Kier alpha value is -2.52. The van der Waals surface area contributed by atoms with Crippen molar-refractivity contribution in [2.24, 2.45) is 0 Å². The number of rotatable bonds is 3. The second kappa shape index (κ2) is 6.77. The summed E-state index contributed by atoms with van der Waals surface area (Å²) in [6, 6.07) is 7.89. The van der Waals surface area contributed by atoms with E-state index in [9.17, 15) is 22.4 Å². The number of carbonyl (C=O) groups is 1. The highest BCUT2D eigenvalue weighted by Crippen LogP contribution is 2.20. The maximum absolute atomic E-state index is 13.8. The summed E-state index contributed by atoms with van der Waals surface area (Å²) in [4.78, 5) is 27.0. The molecule has 2 heterocycles. The van der Waals surface area contributed by atoms with Gasteiger partial charge >= 0.3 is 0 Å². The van der Waals surface area contributed by atoms with Crippen molar-refractivity contribution in [2.45, 2.75) is 4.90 Å². The zero-order chi connectivity index (χ0) is 18.0. The van der Waals surface area contributed by atoms with Crippen LogP contribution in [0.25, 0.3) is 0 Å². The zero-order valence-electron chi connectivity index (χ0n) is 13.2. The molecule has 3 rings (SSSR count). The number of halogens is 1. The van der Waals surface area contributed by atoms with Gasteiger partial charge in [0.2, 0.25) is 15.6 Å². The number of hydrogen-bond acceptors (Lipinski definition) is 4. The molecule has 0 bridgehead atoms. The van der Waals surface area contributed by atoms with Crippen molar-refractivity contribution in [1.29, 1.82) is 0 Å². The number of piperazine rings is 1. The fourth-order valence-corrected chi connectivity index (χ4v) is 4.14. The monoisotopic (exact) mass is 365 g/mol. The molecule has 0 radical (unpaired) electrons. The second-order valence-electron chi connectivity index (χ2n) is 5.57. The predicted octanol–water partition coefficient (Wildman–Crippen LogP) is 0.661. The van der Waals surface area contributed by atoms with Crippen molar-refractivity contribution in [3.8, 4) is 0 Å². The Morgan fingerprint density at radius 2 is 1.72 bits per heavy atom. The van der Waals surface area contributed by atoms with Gasteiger partial charge in [0, 0.05) is 38.4 Å². The van der Waals surface area contributed by atoms with Crippen LogP contribution in [-0.2, 0) is 10.0 Å². The molecular formula is C16H16FN3O4S. The highest BCUT2D eigenvalue weighted by Gasteiger charge is 2.31. The van der Waals surface area contributed by atoms with Crippen LogP contribution in [-0.4, -0.2) is 54.7 Å². The van der Waals surface area contributed by atoms with E-state index >= 15 is 0 Å². The number of nitrogens with one attached hydrogen (secondary N) is 1. The summed E-state index contributed by atoms with van der Waals surface area (Å²) in [6.45, 7) is 0.523. The van der Waals surface area contributed by atoms with Gasteiger partial charge < -0.3 is 9.88 Å². The van der Waals surface area contributed by atoms with E-state index in [1.54, 1.807) is 0 Å². The minimum atomic E-state index is -3.94. The van der Waals surface area contributed by atoms with Gasteiger partial charge in [0.15, 0.2) is 0 Å². The minimum Gasteiger partial charge on any atom is -0.336 e. The molecule has 1 saturated heterocycles. The molecule has 9 heteroatoms. The van der Waals surface area contributed by atoms with Gasteiger partial charge in [-0.3, -0.25) is 9.59 Å². The Kier molecular flexibility index (Phi) is 4.69. The molecule has 1 amide bonds. The smallest absolute Gasteiger partial charge is 0.255 e. The average Bonchev–Trinajstić information content (AvgIpc) is 2.62. The largest absolute Gasteiger partial charge is 0.336 e. The molecule has 1 aromatic carbocycles. The van der Waals surface area contributed by atoms with E-state index in [1.807, 2.05) is 0 Å². The molecule has 1 aliphatic rings. The molecule has 0 saturated carbocycles. The third-order valence-electron chi connectivity index (χ3n) is 4.01. The Morgan fingerprint density at radius 3 is 2.32 bits per heavy atom. The van der Waals surface area contributed by atoms with Crippen LogP contribution in [0.4, 0.5) is 4.39 Å². The van der Waals surface area contributed by atoms with Crippen LogP contribution in [0.1, 0.15) is 10.4 Å². The molecule has 2 aromatic rings. The van der Waals surface area contributed by atoms with Crippen LogP contribution in [0.3, 0.4) is 0 Å². The van der Waals surface area contributed by atoms with E-state index in [1.165, 1.54) is 45.7 Å². The van der Waals surface area contributed by atoms with Gasteiger partial charge in [0.1, 0.15) is 10.7 Å². The lowest BCUT2D eigenvalue weighted by atomic mass is 10.2. The van der Waals surface area contributed by atoms with Crippen LogP contribution < -0.4 is 5.56 Å². The van der Waals surface area contributed by atoms with Crippen LogP contribution in [0.5, 0.6) is 0 Å². The predicted molar refractivity (Wildman–Crippen MR) is 88.1 cm³/mol. The number of sulfonamides is 1. The Labute approximate surface area is 143 Å². The quantitative estimate of drug-likeness (QED) is 0.865. The second-order valence-corrected chi connectivity index (χ2v) is 7.47. The van der Waals surface area contributed by atoms with E-state index in [-0.39, 0.29) is 42.5 Å². The number of benzene rings is 1. The van der Waals surface area contributed by atoms with E-state index in [2.05, 4.69) is 4.98 Å². The van der Waals surface area contributed by atoms with Crippen molar-refractivity contribution in [3.63, 3.8) is 0 Å². The molecule has 1 aromatic heterocycles. The maximum Gasteiger partial charge on any atom is 0.255 e. The number of H-pyrrole nitrogens is 1. The zero-order valence-corrected chi connectivity index (χ0v) is 14.0. The number of hydrogen-bond donors (Lipinski definition) is 1. The number of amides is 1. The Morgan fingerprint density at radius 1 is 1.04 bits per heavy atom. The van der Waals surface area contributed by atoms with Crippen LogP contribution in [0.2, 0.25) is 0 Å². The first kappa shape index (κ1) is 17.3. The lowest BCUT2D eigenvalue weighted by molar-refractivity contribution is 0.0697. The van der Waals surface area contributed by atoms with E-state index in [0.717, 1.165) is 6.07 Å². The number of carbonyl (C=O) groups excluding carboxylic acids is 1. The lowest BCUT2D eigenvalue weighted by Crippen LogP contribution is -2.50. The molecule has 132 valence electrons. The molecule has 0 atom stereocenters. The molecule has 1 aliphatic heterocycles. The third kappa shape index (κ3) is 3.47. The van der Waals surface area contributed by atoms with E-state index in [4.69, 9.17) is 0 Å². The average molecular weight is 365 g/mol. The third-order valence-corrected chi connectivity index (χ3v) is 5.94. The highest BCUT2D eigenvalue weighted by molar-refractivity contribution is 7.89. The van der Waals surface area contributed by atoms with Crippen LogP contribution in [0.15, 0.2) is 52.3 Å². The van der Waals surface area contributed by atoms with Gasteiger partial charge in [0.25, 0.3) is 5.91 Å². The SMILES string of the molecule is O=C(c1ccc(=O)[nH]c1)N1CCN(S(=O)(=O)c2ccccc2F)CC1. The highest BCUT2D eigenvalue weighted by atomic mass is 32.2. The number of pyridine rings is 1. The summed E-state index contributed by atoms with van der Waals surface area (Å²) in [6.07, 6.45) is 1.33. The normalized spacial score (nSPS) is 16.0. The first-order chi connectivity index (χ1) is 11.9. The van der Waals surface area contributed by atoms with E-state index < -0.39 is 15.8 Å². The topological polar surface area (TPSA) is 90.6 Å². The lowest BCUT2D eigenvalue weighted by Gasteiger charge is -2.34. The number of aromatic nitrogens is 1. The number of nitrogens with zero attached hydrogens (tertiary/aromatic N) is 2. The fraction of sp³-hybridized carbons (Fsp3) is 0.250. The standard InChI is InChI=1S/C16H16FN3O4S/c17-13-3-1-2-4-14(13)25(23,24)20-9-7-19(8-10-20)16(22)12-5-6-15(21)18-11-12/h1-6,11H,7-10H2,(H,18,21). The molecular weight excluding hydrogens is 349 g/mol. The fourth-order valence-electron chi connectivity index (χ4n) is 2.65. The Balaban J connectivity index is 1.71. The van der Waals surface area contributed by atoms with Crippen molar-refractivity contribution >= 4 is 15.9 Å². The molecule has 7 nitrogen and oxygen atoms in total. The Bertz CT molecular complexity index is 929. The van der Waals surface area contributed by atoms with Gasteiger partial charge in [-0.2, -0.15) is 4.31 Å². The van der Waals surface area contributed by atoms with Crippen molar-refractivity contribution in [3.05, 3.63) is 64.3 Å². The van der Waals surface area contributed by atoms with Gasteiger partial charge in [-0.15, -0.1) is 0 Å². The van der Waals surface area contributed by atoms with Gasteiger partial charge in [-0.25, -0.2) is 12.8 Å². The molecule has 25 heavy (non-hydrogen) atoms. The molecule has 0 spiro atoms. The van der Waals surface area contributed by atoms with Gasteiger partial charge in [-0.05, 0) is 18.2 Å². The summed E-state index contributed by atoms with van der Waals surface area (Å²) in [5, 5.41) is 0. The van der Waals surface area contributed by atoms with Crippen LogP contribution >= 0.6 is 0 Å². The summed E-state index contributed by atoms with van der Waals surface area (Å²) < 4.78 is 40.0. The van der Waals surface area contributed by atoms with Crippen molar-refractivity contribution in [1.82, 2.24) is 14.2 Å². The first-order valence-corrected chi connectivity index (χ1v) is 9.06. The summed E-state index contributed by atoms with van der Waals surface area (Å²) in [5.74, 6) is -1.09. The first-order valence-electron chi connectivity index (χ1n) is 7.62. The molecule has 0 unspecified atom stereocenters. The van der Waals surface area contributed by atoms with Crippen molar-refractivity contribution < 1.29 is 17.6 Å². The maximum atomic E-state index is 13.8. The van der Waals surface area contributed by atoms with Crippen LogP contribution in [0, 0.1) is 5.82 Å². The van der Waals surface area contributed by atoms with Gasteiger partial charge in [0.05, 0.1) is 5.56 Å². The molecule has 1 N–H and O–H groups in total. The number of aromatic amines is 1. The van der Waals surface area contributed by atoms with E-state index in [0.29, 0.717) is 5.56 Å². The van der Waals surface area contributed by atoms with Crippen molar-refractivity contribution in [2.75, 3.05) is 26.2 Å². The van der Waals surface area contributed by atoms with Gasteiger partial charge in [-0.1, -0.05) is 12.1 Å². The summed E-state index contributed by atoms with van der Waals surface area (Å²) in [5.41, 5.74) is 0.0161. The summed E-state index contributed by atoms with van der Waals surface area (Å²) in [7, 11) is -3.94. The minimum absolute atomic E-state index is 0.0752.